The lowest BCUT2D eigenvalue weighted by Crippen LogP contribution is -2.61. The number of nitrogens with zero attached hydrogens (tertiary/aromatic N) is 1. The maximum absolute atomic E-state index is 11.4. The molecule has 0 N–H and O–H groups in total. The van der Waals surface area contributed by atoms with Gasteiger partial charge in [-0.3, -0.25) is 9.69 Å². The van der Waals surface area contributed by atoms with Gasteiger partial charge >= 0.3 is 5.97 Å². The van der Waals surface area contributed by atoms with Gasteiger partial charge in [0.2, 0.25) is 0 Å². The van der Waals surface area contributed by atoms with Crippen LogP contribution in [-0.4, -0.2) is 36.1 Å². The van der Waals surface area contributed by atoms with Crippen molar-refractivity contribution in [3.63, 3.8) is 0 Å². The molecule has 0 aromatic carbocycles. The largest absolute Gasteiger partial charge is 0.468 e. The van der Waals surface area contributed by atoms with Crippen LogP contribution >= 0.6 is 0 Å². The number of likely N-dealkylation sites (tertiary alicyclic amines) is 1. The predicted molar refractivity (Wildman–Crippen MR) is 56.1 cm³/mol. The van der Waals surface area contributed by atoms with Gasteiger partial charge in [-0.25, -0.2) is 0 Å². The Morgan fingerprint density at radius 3 is 2.57 bits per heavy atom. The van der Waals surface area contributed by atoms with E-state index in [1.807, 2.05) is 0 Å². The molecule has 0 spiro atoms. The van der Waals surface area contributed by atoms with Gasteiger partial charge < -0.3 is 4.74 Å². The summed E-state index contributed by atoms with van der Waals surface area (Å²) in [5, 5.41) is 0. The summed E-state index contributed by atoms with van der Waals surface area (Å²) in [6.45, 7) is 7.60. The lowest BCUT2D eigenvalue weighted by atomic mass is 9.88. The molecule has 0 aromatic heterocycles. The van der Waals surface area contributed by atoms with E-state index < -0.39 is 0 Å². The highest BCUT2D eigenvalue weighted by Gasteiger charge is 2.42. The molecule has 1 aliphatic heterocycles. The van der Waals surface area contributed by atoms with Crippen LogP contribution in [0.1, 0.15) is 40.0 Å². The van der Waals surface area contributed by atoms with Crippen LogP contribution in [0.25, 0.3) is 0 Å². The molecule has 1 fully saturated rings. The highest BCUT2D eigenvalue weighted by atomic mass is 16.5. The van der Waals surface area contributed by atoms with Gasteiger partial charge in [0.1, 0.15) is 6.04 Å². The zero-order chi connectivity index (χ0) is 10.8. The van der Waals surface area contributed by atoms with Gasteiger partial charge in [-0.2, -0.15) is 0 Å². The van der Waals surface area contributed by atoms with E-state index in [4.69, 9.17) is 4.74 Å². The third-order valence-corrected chi connectivity index (χ3v) is 3.13. The molecule has 3 nitrogen and oxygen atoms in total. The van der Waals surface area contributed by atoms with E-state index in [0.717, 1.165) is 25.8 Å². The quantitative estimate of drug-likeness (QED) is 0.647. The number of methoxy groups -OCH3 is 1. The minimum Gasteiger partial charge on any atom is -0.468 e. The van der Waals surface area contributed by atoms with E-state index in [-0.39, 0.29) is 17.6 Å². The van der Waals surface area contributed by atoms with Crippen LogP contribution < -0.4 is 0 Å². The highest BCUT2D eigenvalue weighted by Crippen LogP contribution is 2.31. The monoisotopic (exact) mass is 199 g/mol. The van der Waals surface area contributed by atoms with Gasteiger partial charge in [0.15, 0.2) is 0 Å². The summed E-state index contributed by atoms with van der Waals surface area (Å²) in [5.41, 5.74) is 0.131. The van der Waals surface area contributed by atoms with Gasteiger partial charge in [0.05, 0.1) is 7.11 Å². The number of hydrogen-bond donors (Lipinski definition) is 0. The van der Waals surface area contributed by atoms with Crippen LogP contribution in [0.2, 0.25) is 0 Å². The van der Waals surface area contributed by atoms with Crippen molar-refractivity contribution in [1.29, 1.82) is 0 Å². The second-order valence-corrected chi connectivity index (χ2v) is 4.58. The molecule has 3 heteroatoms. The number of carbonyl (C=O) groups excluding carboxylic acids is 1. The van der Waals surface area contributed by atoms with Crippen LogP contribution in [0.15, 0.2) is 0 Å². The highest BCUT2D eigenvalue weighted by molar-refractivity contribution is 5.76. The second kappa shape index (κ2) is 4.30. The molecular formula is C11H21NO2. The molecule has 0 radical (unpaired) electrons. The molecule has 1 saturated heterocycles. The summed E-state index contributed by atoms with van der Waals surface area (Å²) in [5.74, 6) is -0.0829. The Labute approximate surface area is 86.4 Å². The normalized spacial score (nSPS) is 23.0. The lowest BCUT2D eigenvalue weighted by molar-refractivity contribution is -0.157. The van der Waals surface area contributed by atoms with E-state index in [9.17, 15) is 4.79 Å². The zero-order valence-electron chi connectivity index (χ0n) is 9.67. The average molecular weight is 199 g/mol. The van der Waals surface area contributed by atoms with E-state index in [2.05, 4.69) is 25.7 Å². The SMILES string of the molecule is CCCC(C)(C)N1CCC1C(=O)OC. The number of ether oxygens (including phenoxy) is 1. The van der Waals surface area contributed by atoms with Gasteiger partial charge in [-0.15, -0.1) is 0 Å². The Hall–Kier alpha value is -0.570. The summed E-state index contributed by atoms with van der Waals surface area (Å²) in [6, 6.07) is 0.00144. The molecule has 82 valence electrons. The Balaban J connectivity index is 2.57. The smallest absolute Gasteiger partial charge is 0.323 e. The van der Waals surface area contributed by atoms with Gasteiger partial charge in [0, 0.05) is 12.1 Å². The summed E-state index contributed by atoms with van der Waals surface area (Å²) >= 11 is 0. The van der Waals surface area contributed by atoms with E-state index >= 15 is 0 Å². The Kier molecular flexibility index (Phi) is 3.53. The Bertz CT molecular complexity index is 213. The standard InChI is InChI=1S/C11H21NO2/c1-5-7-11(2,3)12-8-6-9(12)10(13)14-4/h9H,5-8H2,1-4H3. The lowest BCUT2D eigenvalue weighted by Gasteiger charge is -2.49. The van der Waals surface area contributed by atoms with Crippen molar-refractivity contribution in [2.24, 2.45) is 0 Å². The van der Waals surface area contributed by atoms with E-state index in [1.165, 1.54) is 7.11 Å². The molecule has 1 unspecified atom stereocenters. The number of hydrogen-bond acceptors (Lipinski definition) is 3. The average Bonchev–Trinajstić information content (AvgIpc) is 2.00. The molecule has 0 bridgehead atoms. The zero-order valence-corrected chi connectivity index (χ0v) is 9.67. The molecule has 0 aromatic rings. The first-order valence-electron chi connectivity index (χ1n) is 5.37. The minimum atomic E-state index is -0.0829. The Morgan fingerprint density at radius 2 is 2.21 bits per heavy atom. The van der Waals surface area contributed by atoms with Gasteiger partial charge in [0.25, 0.3) is 0 Å². The first-order valence-corrected chi connectivity index (χ1v) is 5.37. The molecule has 1 rings (SSSR count). The van der Waals surface area contributed by atoms with E-state index in [1.54, 1.807) is 0 Å². The minimum absolute atomic E-state index is 0.00144. The first kappa shape index (κ1) is 11.5. The number of rotatable bonds is 4. The molecule has 14 heavy (non-hydrogen) atoms. The number of esters is 1. The van der Waals surface area contributed by atoms with Crippen molar-refractivity contribution in [1.82, 2.24) is 4.90 Å². The fraction of sp³-hybridized carbons (Fsp3) is 0.909. The van der Waals surface area contributed by atoms with Crippen molar-refractivity contribution in [2.45, 2.75) is 51.6 Å². The molecule has 0 aliphatic carbocycles. The summed E-state index contributed by atoms with van der Waals surface area (Å²) < 4.78 is 4.78. The topological polar surface area (TPSA) is 29.5 Å². The Morgan fingerprint density at radius 1 is 1.57 bits per heavy atom. The van der Waals surface area contributed by atoms with Crippen molar-refractivity contribution in [3.05, 3.63) is 0 Å². The molecule has 1 heterocycles. The van der Waals surface area contributed by atoms with Crippen LogP contribution in [0, 0.1) is 0 Å². The van der Waals surface area contributed by atoms with Crippen molar-refractivity contribution >= 4 is 5.97 Å². The maximum atomic E-state index is 11.4. The molecule has 0 saturated carbocycles. The first-order chi connectivity index (χ1) is 6.53. The molecule has 1 aliphatic rings. The van der Waals surface area contributed by atoms with Gasteiger partial charge in [-0.1, -0.05) is 13.3 Å². The molecule has 1 atom stereocenters. The van der Waals surface area contributed by atoms with Crippen molar-refractivity contribution < 1.29 is 9.53 Å². The van der Waals surface area contributed by atoms with Crippen LogP contribution in [0.4, 0.5) is 0 Å². The van der Waals surface area contributed by atoms with Crippen LogP contribution in [-0.2, 0) is 9.53 Å². The van der Waals surface area contributed by atoms with E-state index in [0.29, 0.717) is 0 Å². The fourth-order valence-electron chi connectivity index (χ4n) is 2.25. The van der Waals surface area contributed by atoms with Crippen LogP contribution in [0.3, 0.4) is 0 Å². The van der Waals surface area contributed by atoms with Crippen LogP contribution in [0.5, 0.6) is 0 Å². The van der Waals surface area contributed by atoms with Crippen molar-refractivity contribution in [2.75, 3.05) is 13.7 Å². The molecular weight excluding hydrogens is 178 g/mol. The third kappa shape index (κ3) is 2.08. The predicted octanol–water partition coefficient (Wildman–Crippen LogP) is 1.81. The van der Waals surface area contributed by atoms with Gasteiger partial charge in [-0.05, 0) is 26.7 Å². The van der Waals surface area contributed by atoms with Crippen molar-refractivity contribution in [3.8, 4) is 0 Å². The third-order valence-electron chi connectivity index (χ3n) is 3.13. The summed E-state index contributed by atoms with van der Waals surface area (Å²) in [4.78, 5) is 13.6. The fourth-order valence-corrected chi connectivity index (χ4v) is 2.25. The summed E-state index contributed by atoms with van der Waals surface area (Å²) in [6.07, 6.45) is 3.22. The second-order valence-electron chi connectivity index (χ2n) is 4.58. The number of carbonyl (C=O) groups is 1. The summed E-state index contributed by atoms with van der Waals surface area (Å²) in [7, 11) is 1.46. The maximum Gasteiger partial charge on any atom is 0.323 e. The molecule has 0 amide bonds.